The molecule has 2 aliphatic rings. The molecule has 2 aliphatic carbocycles. The lowest BCUT2D eigenvalue weighted by molar-refractivity contribution is -0.152. The third-order valence-electron chi connectivity index (χ3n) is 4.03. The highest BCUT2D eigenvalue weighted by molar-refractivity contribution is 5.75. The number of carbonyl (C=O) groups excluding carboxylic acids is 1. The molecular weight excluding hydrogens is 178 g/mol. The van der Waals surface area contributed by atoms with Gasteiger partial charge in [-0.25, -0.2) is 0 Å². The SMILES string of the molecule is CCOC(=O)C1C2CCC(C2)C1(C)N. The average Bonchev–Trinajstić information content (AvgIpc) is 2.61. The van der Waals surface area contributed by atoms with Crippen molar-refractivity contribution in [3.05, 3.63) is 0 Å². The molecule has 2 fully saturated rings. The van der Waals surface area contributed by atoms with Gasteiger partial charge in [0.2, 0.25) is 0 Å². The highest BCUT2D eigenvalue weighted by atomic mass is 16.5. The Labute approximate surface area is 85.0 Å². The molecule has 0 saturated heterocycles. The normalized spacial score (nSPS) is 45.5. The van der Waals surface area contributed by atoms with Gasteiger partial charge >= 0.3 is 5.97 Å². The van der Waals surface area contributed by atoms with E-state index in [1.807, 2.05) is 13.8 Å². The molecule has 14 heavy (non-hydrogen) atoms. The number of carbonyl (C=O) groups is 1. The number of esters is 1. The summed E-state index contributed by atoms with van der Waals surface area (Å²) in [5.41, 5.74) is 5.91. The Balaban J connectivity index is 2.15. The molecule has 4 atom stereocenters. The quantitative estimate of drug-likeness (QED) is 0.679. The molecular formula is C11H19NO2. The van der Waals surface area contributed by atoms with E-state index in [1.54, 1.807) is 0 Å². The standard InChI is InChI=1S/C11H19NO2/c1-3-14-10(13)9-7-4-5-8(6-7)11(9,2)12/h7-9H,3-6,12H2,1-2H3. The first-order valence-corrected chi connectivity index (χ1v) is 5.53. The van der Waals surface area contributed by atoms with Gasteiger partial charge in [0, 0.05) is 5.54 Å². The molecule has 0 aliphatic heterocycles. The fourth-order valence-corrected chi connectivity index (χ4v) is 3.32. The van der Waals surface area contributed by atoms with E-state index in [9.17, 15) is 4.79 Å². The van der Waals surface area contributed by atoms with Crippen molar-refractivity contribution >= 4 is 5.97 Å². The molecule has 80 valence electrons. The monoisotopic (exact) mass is 197 g/mol. The van der Waals surface area contributed by atoms with Gasteiger partial charge < -0.3 is 10.5 Å². The smallest absolute Gasteiger partial charge is 0.311 e. The predicted octanol–water partition coefficient (Wildman–Crippen LogP) is 1.31. The van der Waals surface area contributed by atoms with Crippen LogP contribution >= 0.6 is 0 Å². The molecule has 0 spiro atoms. The van der Waals surface area contributed by atoms with Crippen LogP contribution in [-0.4, -0.2) is 18.1 Å². The summed E-state index contributed by atoms with van der Waals surface area (Å²) in [6.07, 6.45) is 3.46. The fourth-order valence-electron chi connectivity index (χ4n) is 3.32. The van der Waals surface area contributed by atoms with Gasteiger partial charge in [-0.2, -0.15) is 0 Å². The van der Waals surface area contributed by atoms with Gasteiger partial charge in [0.1, 0.15) is 0 Å². The fraction of sp³-hybridized carbons (Fsp3) is 0.909. The van der Waals surface area contributed by atoms with Gasteiger partial charge in [0.05, 0.1) is 12.5 Å². The van der Waals surface area contributed by atoms with Crippen LogP contribution in [0.5, 0.6) is 0 Å². The predicted molar refractivity (Wildman–Crippen MR) is 53.5 cm³/mol. The first-order chi connectivity index (χ1) is 6.57. The van der Waals surface area contributed by atoms with E-state index in [1.165, 1.54) is 6.42 Å². The molecule has 2 rings (SSSR count). The molecule has 0 radical (unpaired) electrons. The molecule has 0 aromatic rings. The zero-order valence-electron chi connectivity index (χ0n) is 8.95. The Kier molecular flexibility index (Phi) is 2.30. The minimum absolute atomic E-state index is 0.0544. The lowest BCUT2D eigenvalue weighted by atomic mass is 9.75. The van der Waals surface area contributed by atoms with Crippen LogP contribution in [0.2, 0.25) is 0 Å². The lowest BCUT2D eigenvalue weighted by Crippen LogP contribution is -2.52. The maximum Gasteiger partial charge on any atom is 0.311 e. The van der Waals surface area contributed by atoms with Crippen LogP contribution in [0.1, 0.15) is 33.1 Å². The zero-order valence-corrected chi connectivity index (χ0v) is 8.95. The molecule has 2 N–H and O–H groups in total. The Morgan fingerprint density at radius 1 is 1.57 bits per heavy atom. The number of rotatable bonds is 2. The third-order valence-corrected chi connectivity index (χ3v) is 4.03. The van der Waals surface area contributed by atoms with Crippen molar-refractivity contribution in [3.8, 4) is 0 Å². The Morgan fingerprint density at radius 2 is 2.29 bits per heavy atom. The maximum absolute atomic E-state index is 11.7. The molecule has 0 heterocycles. The molecule has 0 aromatic heterocycles. The Hall–Kier alpha value is -0.570. The third kappa shape index (κ3) is 1.26. The van der Waals surface area contributed by atoms with Gasteiger partial charge in [-0.05, 0) is 44.9 Å². The average molecular weight is 197 g/mol. The van der Waals surface area contributed by atoms with Gasteiger partial charge in [-0.15, -0.1) is 0 Å². The maximum atomic E-state index is 11.7. The summed E-state index contributed by atoms with van der Waals surface area (Å²) in [6, 6.07) is 0. The largest absolute Gasteiger partial charge is 0.466 e. The van der Waals surface area contributed by atoms with E-state index in [-0.39, 0.29) is 17.4 Å². The van der Waals surface area contributed by atoms with Crippen LogP contribution < -0.4 is 5.73 Å². The molecule has 0 aromatic carbocycles. The van der Waals surface area contributed by atoms with Gasteiger partial charge in [-0.3, -0.25) is 4.79 Å². The van der Waals surface area contributed by atoms with E-state index >= 15 is 0 Å². The summed E-state index contributed by atoms with van der Waals surface area (Å²) in [5, 5.41) is 0. The number of hydrogen-bond donors (Lipinski definition) is 1. The van der Waals surface area contributed by atoms with E-state index in [0.717, 1.165) is 12.8 Å². The van der Waals surface area contributed by atoms with Gasteiger partial charge in [0.25, 0.3) is 0 Å². The second-order valence-corrected chi connectivity index (χ2v) is 4.87. The van der Waals surface area contributed by atoms with Crippen molar-refractivity contribution < 1.29 is 9.53 Å². The van der Waals surface area contributed by atoms with Gasteiger partial charge in [-0.1, -0.05) is 0 Å². The molecule has 0 amide bonds. The number of nitrogens with two attached hydrogens (primary N) is 1. The Bertz CT molecular complexity index is 250. The van der Waals surface area contributed by atoms with Gasteiger partial charge in [0.15, 0.2) is 0 Å². The van der Waals surface area contributed by atoms with Crippen molar-refractivity contribution in [1.29, 1.82) is 0 Å². The first-order valence-electron chi connectivity index (χ1n) is 5.53. The molecule has 3 heteroatoms. The second kappa shape index (κ2) is 3.23. The number of hydrogen-bond acceptors (Lipinski definition) is 3. The van der Waals surface area contributed by atoms with E-state index < -0.39 is 0 Å². The van der Waals surface area contributed by atoms with Crippen molar-refractivity contribution in [2.24, 2.45) is 23.5 Å². The van der Waals surface area contributed by atoms with E-state index in [4.69, 9.17) is 10.5 Å². The summed E-state index contributed by atoms with van der Waals surface area (Å²) in [5.74, 6) is 0.877. The highest BCUT2D eigenvalue weighted by Gasteiger charge is 2.56. The summed E-state index contributed by atoms with van der Waals surface area (Å²) in [6.45, 7) is 4.32. The van der Waals surface area contributed by atoms with Crippen molar-refractivity contribution in [3.63, 3.8) is 0 Å². The summed E-state index contributed by atoms with van der Waals surface area (Å²) >= 11 is 0. The summed E-state index contributed by atoms with van der Waals surface area (Å²) < 4.78 is 5.10. The van der Waals surface area contributed by atoms with E-state index in [2.05, 4.69) is 0 Å². The van der Waals surface area contributed by atoms with Crippen LogP contribution in [0.15, 0.2) is 0 Å². The van der Waals surface area contributed by atoms with Crippen LogP contribution in [0.4, 0.5) is 0 Å². The topological polar surface area (TPSA) is 52.3 Å². The van der Waals surface area contributed by atoms with Crippen LogP contribution in [0.3, 0.4) is 0 Å². The summed E-state index contributed by atoms with van der Waals surface area (Å²) in [4.78, 5) is 11.7. The van der Waals surface area contributed by atoms with Crippen molar-refractivity contribution in [2.75, 3.05) is 6.61 Å². The number of ether oxygens (including phenoxy) is 1. The minimum Gasteiger partial charge on any atom is -0.466 e. The molecule has 4 unspecified atom stereocenters. The molecule has 2 bridgehead atoms. The van der Waals surface area contributed by atoms with E-state index in [0.29, 0.717) is 18.4 Å². The van der Waals surface area contributed by atoms with Crippen LogP contribution in [0, 0.1) is 17.8 Å². The first kappa shape index (κ1) is 9.97. The van der Waals surface area contributed by atoms with Crippen LogP contribution in [0.25, 0.3) is 0 Å². The summed E-state index contributed by atoms with van der Waals surface area (Å²) in [7, 11) is 0. The Morgan fingerprint density at radius 3 is 2.79 bits per heavy atom. The minimum atomic E-state index is -0.324. The second-order valence-electron chi connectivity index (χ2n) is 4.87. The molecule has 3 nitrogen and oxygen atoms in total. The van der Waals surface area contributed by atoms with Crippen molar-refractivity contribution in [2.45, 2.75) is 38.6 Å². The number of fused-ring (bicyclic) bond motifs is 2. The molecule has 2 saturated carbocycles. The van der Waals surface area contributed by atoms with Crippen LogP contribution in [-0.2, 0) is 9.53 Å². The lowest BCUT2D eigenvalue weighted by Gasteiger charge is -2.36. The van der Waals surface area contributed by atoms with Crippen molar-refractivity contribution in [1.82, 2.24) is 0 Å². The highest BCUT2D eigenvalue weighted by Crippen LogP contribution is 2.53. The zero-order chi connectivity index (χ0) is 10.3.